The van der Waals surface area contributed by atoms with E-state index in [1.807, 2.05) is 0 Å². The summed E-state index contributed by atoms with van der Waals surface area (Å²) >= 11 is 0. The second-order valence-electron chi connectivity index (χ2n) is 2.07. The molecular formula is C6H2F6O4. The predicted octanol–water partition coefficient (Wildman–Crippen LogP) is 1.67. The maximum atomic E-state index is 11.3. The van der Waals surface area contributed by atoms with E-state index < -0.39 is 24.7 Å². The molecule has 0 spiro atoms. The van der Waals surface area contributed by atoms with Gasteiger partial charge < -0.3 is 9.47 Å². The molecule has 0 aromatic rings. The van der Waals surface area contributed by atoms with Crippen molar-refractivity contribution in [2.75, 3.05) is 0 Å². The summed E-state index contributed by atoms with van der Waals surface area (Å²) in [6.07, 6.45) is -10.9. The largest absolute Gasteiger partial charge is 0.575 e. The number of esters is 2. The van der Waals surface area contributed by atoms with Gasteiger partial charge in [-0.25, -0.2) is 9.59 Å². The Hall–Kier alpha value is -1.74. The molecule has 92 valence electrons. The molecule has 0 radical (unpaired) electrons. The lowest BCUT2D eigenvalue weighted by Crippen LogP contribution is -2.19. The second kappa shape index (κ2) is 4.86. The van der Waals surface area contributed by atoms with Crippen LogP contribution in [0.4, 0.5) is 26.3 Å². The molecular weight excluding hydrogens is 250 g/mol. The first-order valence-corrected chi connectivity index (χ1v) is 3.27. The normalized spacial score (nSPS) is 12.6. The van der Waals surface area contributed by atoms with E-state index in [1.165, 1.54) is 0 Å². The first-order valence-electron chi connectivity index (χ1n) is 3.27. The Morgan fingerprint density at radius 1 is 0.750 bits per heavy atom. The van der Waals surface area contributed by atoms with Gasteiger partial charge in [0, 0.05) is 12.2 Å². The van der Waals surface area contributed by atoms with Gasteiger partial charge in [-0.2, -0.15) is 0 Å². The Morgan fingerprint density at radius 3 is 1.19 bits per heavy atom. The Bertz CT molecular complexity index is 271. The molecule has 16 heavy (non-hydrogen) atoms. The lowest BCUT2D eigenvalue weighted by Gasteiger charge is -2.04. The van der Waals surface area contributed by atoms with Crippen molar-refractivity contribution in [2.45, 2.75) is 12.7 Å². The van der Waals surface area contributed by atoms with Crippen molar-refractivity contribution in [2.24, 2.45) is 0 Å². The molecule has 0 heterocycles. The highest BCUT2D eigenvalue weighted by Crippen LogP contribution is 2.17. The first-order chi connectivity index (χ1) is 6.99. The molecule has 0 N–H and O–H groups in total. The van der Waals surface area contributed by atoms with E-state index in [9.17, 15) is 35.9 Å². The maximum absolute atomic E-state index is 11.3. The number of alkyl halides is 6. The van der Waals surface area contributed by atoms with Crippen LogP contribution in [0.1, 0.15) is 0 Å². The summed E-state index contributed by atoms with van der Waals surface area (Å²) in [6.45, 7) is 0. The molecule has 0 unspecified atom stereocenters. The number of hydrogen-bond acceptors (Lipinski definition) is 4. The van der Waals surface area contributed by atoms with Crippen molar-refractivity contribution >= 4 is 11.9 Å². The van der Waals surface area contributed by atoms with E-state index in [1.54, 1.807) is 0 Å². The minimum absolute atomic E-state index is 0.151. The molecule has 0 rings (SSSR count). The van der Waals surface area contributed by atoms with Gasteiger partial charge in [0.25, 0.3) is 0 Å². The standard InChI is InChI=1S/C6H2F6O4/c7-5(8,9)15-3(13)1-2-4(14)16-6(10,11)12/h1-2H/b2-1-. The summed E-state index contributed by atoms with van der Waals surface area (Å²) in [7, 11) is 0. The Balaban J connectivity index is 4.20. The van der Waals surface area contributed by atoms with Gasteiger partial charge in [-0.3, -0.25) is 0 Å². The fourth-order valence-electron chi connectivity index (χ4n) is 0.432. The van der Waals surface area contributed by atoms with Crippen LogP contribution < -0.4 is 0 Å². The highest BCUT2D eigenvalue weighted by molar-refractivity contribution is 5.91. The third kappa shape index (κ3) is 8.84. The molecule has 0 aliphatic heterocycles. The summed E-state index contributed by atoms with van der Waals surface area (Å²) in [5, 5.41) is 0. The van der Waals surface area contributed by atoms with E-state index in [0.29, 0.717) is 0 Å². The van der Waals surface area contributed by atoms with E-state index in [4.69, 9.17) is 0 Å². The van der Waals surface area contributed by atoms with Crippen molar-refractivity contribution in [1.82, 2.24) is 0 Å². The monoisotopic (exact) mass is 252 g/mol. The summed E-state index contributed by atoms with van der Waals surface area (Å²) in [5.74, 6) is -4.10. The van der Waals surface area contributed by atoms with Crippen LogP contribution in [0.15, 0.2) is 12.2 Å². The van der Waals surface area contributed by atoms with Gasteiger partial charge in [-0.05, 0) is 0 Å². The fraction of sp³-hybridized carbons (Fsp3) is 0.333. The van der Waals surface area contributed by atoms with Gasteiger partial charge in [0.05, 0.1) is 0 Å². The molecule has 0 aliphatic rings. The third-order valence-electron chi connectivity index (χ3n) is 0.788. The molecule has 10 heteroatoms. The number of carbonyl (C=O) groups excluding carboxylic acids is 2. The molecule has 0 aromatic heterocycles. The SMILES string of the molecule is O=C(/C=C\C(=O)OC(F)(F)F)OC(F)(F)F. The van der Waals surface area contributed by atoms with Crippen LogP contribution in [-0.2, 0) is 19.1 Å². The molecule has 0 bridgehead atoms. The quantitative estimate of drug-likeness (QED) is 0.426. The smallest absolute Gasteiger partial charge is 0.370 e. The summed E-state index contributed by atoms with van der Waals surface area (Å²) < 4.78 is 73.4. The molecule has 0 saturated carbocycles. The molecule has 0 aromatic carbocycles. The summed E-state index contributed by atoms with van der Waals surface area (Å²) in [4.78, 5) is 20.4. The number of halogens is 6. The van der Waals surface area contributed by atoms with Crippen LogP contribution in [0.5, 0.6) is 0 Å². The minimum Gasteiger partial charge on any atom is -0.370 e. The highest BCUT2D eigenvalue weighted by atomic mass is 19.4. The molecule has 0 aliphatic carbocycles. The zero-order valence-electron chi connectivity index (χ0n) is 7.06. The average molecular weight is 252 g/mol. The van der Waals surface area contributed by atoms with E-state index >= 15 is 0 Å². The molecule has 0 saturated heterocycles. The second-order valence-corrected chi connectivity index (χ2v) is 2.07. The minimum atomic E-state index is -5.28. The number of ether oxygens (including phenoxy) is 2. The summed E-state index contributed by atoms with van der Waals surface area (Å²) in [5.41, 5.74) is 0. The van der Waals surface area contributed by atoms with Gasteiger partial charge in [-0.15, -0.1) is 26.3 Å². The Kier molecular flexibility index (Phi) is 4.33. The van der Waals surface area contributed by atoms with Gasteiger partial charge in [0.2, 0.25) is 0 Å². The van der Waals surface area contributed by atoms with Crippen molar-refractivity contribution in [3.8, 4) is 0 Å². The van der Waals surface area contributed by atoms with E-state index in [-0.39, 0.29) is 12.2 Å². The molecule has 0 amide bonds. The van der Waals surface area contributed by atoms with Crippen LogP contribution in [0, 0.1) is 0 Å². The number of rotatable bonds is 2. The summed E-state index contributed by atoms with van der Waals surface area (Å²) in [6, 6.07) is 0. The van der Waals surface area contributed by atoms with Crippen molar-refractivity contribution in [3.05, 3.63) is 12.2 Å². The molecule has 4 nitrogen and oxygen atoms in total. The van der Waals surface area contributed by atoms with Gasteiger partial charge in [0.1, 0.15) is 0 Å². The topological polar surface area (TPSA) is 52.6 Å². The zero-order chi connectivity index (χ0) is 13.0. The van der Waals surface area contributed by atoms with Crippen LogP contribution in [0.2, 0.25) is 0 Å². The van der Waals surface area contributed by atoms with Crippen molar-refractivity contribution in [3.63, 3.8) is 0 Å². The van der Waals surface area contributed by atoms with Crippen LogP contribution >= 0.6 is 0 Å². The average Bonchev–Trinajstić information content (AvgIpc) is 1.94. The van der Waals surface area contributed by atoms with Gasteiger partial charge in [0.15, 0.2) is 0 Å². The van der Waals surface area contributed by atoms with Crippen molar-refractivity contribution in [1.29, 1.82) is 0 Å². The third-order valence-corrected chi connectivity index (χ3v) is 0.788. The van der Waals surface area contributed by atoms with Gasteiger partial charge in [-0.1, -0.05) is 0 Å². The molecule has 0 fully saturated rings. The lowest BCUT2D eigenvalue weighted by atomic mass is 10.5. The van der Waals surface area contributed by atoms with Crippen molar-refractivity contribution < 1.29 is 45.4 Å². The number of hydrogen-bond donors (Lipinski definition) is 0. The van der Waals surface area contributed by atoms with E-state index in [2.05, 4.69) is 9.47 Å². The lowest BCUT2D eigenvalue weighted by molar-refractivity contribution is -0.305. The van der Waals surface area contributed by atoms with Crippen LogP contribution in [0.25, 0.3) is 0 Å². The Labute approximate surface area is 83.4 Å². The molecule has 0 atom stereocenters. The van der Waals surface area contributed by atoms with Crippen LogP contribution in [-0.4, -0.2) is 24.7 Å². The fourth-order valence-corrected chi connectivity index (χ4v) is 0.432. The first kappa shape index (κ1) is 14.3. The highest BCUT2D eigenvalue weighted by Gasteiger charge is 2.34. The Morgan fingerprint density at radius 2 is 1.00 bits per heavy atom. The predicted molar refractivity (Wildman–Crippen MR) is 33.4 cm³/mol. The maximum Gasteiger partial charge on any atom is 0.575 e. The van der Waals surface area contributed by atoms with E-state index in [0.717, 1.165) is 0 Å². The number of carbonyl (C=O) groups is 2. The zero-order valence-corrected chi connectivity index (χ0v) is 7.06. The van der Waals surface area contributed by atoms with Gasteiger partial charge >= 0.3 is 24.7 Å². The van der Waals surface area contributed by atoms with Crippen LogP contribution in [0.3, 0.4) is 0 Å².